The largest absolute Gasteiger partial charge is 0.417 e. The van der Waals surface area contributed by atoms with E-state index in [-0.39, 0.29) is 10.7 Å². The Hall–Kier alpha value is -1.25. The molecule has 1 aromatic rings. The summed E-state index contributed by atoms with van der Waals surface area (Å²) in [5.41, 5.74) is 4.39. The van der Waals surface area contributed by atoms with Gasteiger partial charge in [-0.05, 0) is 6.07 Å². The van der Waals surface area contributed by atoms with E-state index >= 15 is 0 Å². The highest BCUT2D eigenvalue weighted by Gasteiger charge is 2.31. The molecule has 0 fully saturated rings. The lowest BCUT2D eigenvalue weighted by Crippen LogP contribution is -2.06. The molecule has 0 aliphatic rings. The molecule has 1 heterocycles. The first-order chi connectivity index (χ1) is 7.45. The Bertz CT molecular complexity index is 432. The molecule has 0 amide bonds. The van der Waals surface area contributed by atoms with Gasteiger partial charge >= 0.3 is 6.18 Å². The number of halogens is 4. The monoisotopic (exact) mass is 248 g/mol. The number of rotatable bonds is 1. The molecule has 0 atom stereocenters. The smallest absolute Gasteiger partial charge is 0.330 e. The Morgan fingerprint density at radius 3 is 2.69 bits per heavy atom. The SMILES string of the molecule is NCCC#Cc1cc(C(F)(F)F)cnc1Cl. The second-order valence-electron chi connectivity index (χ2n) is 2.90. The van der Waals surface area contributed by atoms with Crippen LogP contribution in [0.4, 0.5) is 13.2 Å². The van der Waals surface area contributed by atoms with Crippen LogP contribution < -0.4 is 5.73 Å². The van der Waals surface area contributed by atoms with E-state index in [1.165, 1.54) is 0 Å². The van der Waals surface area contributed by atoms with Crippen molar-refractivity contribution >= 4 is 11.6 Å². The summed E-state index contributed by atoms with van der Waals surface area (Å²) in [6, 6.07) is 0.874. The van der Waals surface area contributed by atoms with Crippen molar-refractivity contribution in [2.45, 2.75) is 12.6 Å². The molecule has 2 N–H and O–H groups in total. The molecule has 2 nitrogen and oxygen atoms in total. The van der Waals surface area contributed by atoms with Crippen LogP contribution in [0.2, 0.25) is 5.15 Å². The molecular weight excluding hydrogens is 241 g/mol. The van der Waals surface area contributed by atoms with Crippen LogP contribution in [-0.2, 0) is 6.18 Å². The van der Waals surface area contributed by atoms with Gasteiger partial charge in [-0.2, -0.15) is 13.2 Å². The van der Waals surface area contributed by atoms with Gasteiger partial charge in [0, 0.05) is 19.2 Å². The summed E-state index contributed by atoms with van der Waals surface area (Å²) < 4.78 is 37.0. The van der Waals surface area contributed by atoms with Crippen molar-refractivity contribution in [3.05, 3.63) is 28.5 Å². The summed E-state index contributed by atoms with van der Waals surface area (Å²) >= 11 is 5.61. The fourth-order valence-electron chi connectivity index (χ4n) is 0.921. The Morgan fingerprint density at radius 1 is 1.44 bits per heavy atom. The van der Waals surface area contributed by atoms with Crippen LogP contribution in [0.3, 0.4) is 0 Å². The molecule has 16 heavy (non-hydrogen) atoms. The zero-order chi connectivity index (χ0) is 12.2. The van der Waals surface area contributed by atoms with Gasteiger partial charge in [0.2, 0.25) is 0 Å². The molecule has 86 valence electrons. The summed E-state index contributed by atoms with van der Waals surface area (Å²) in [6.45, 7) is 0.344. The first-order valence-electron chi connectivity index (χ1n) is 4.37. The van der Waals surface area contributed by atoms with Crippen LogP contribution in [0.15, 0.2) is 12.3 Å². The Balaban J connectivity index is 3.06. The fourth-order valence-corrected chi connectivity index (χ4v) is 1.07. The normalized spacial score (nSPS) is 10.8. The van der Waals surface area contributed by atoms with E-state index in [0.29, 0.717) is 19.2 Å². The molecule has 0 aliphatic heterocycles. The summed E-state index contributed by atoms with van der Waals surface area (Å²) in [6.07, 6.45) is -3.37. The van der Waals surface area contributed by atoms with Crippen LogP contribution in [0.1, 0.15) is 17.5 Å². The number of hydrogen-bond acceptors (Lipinski definition) is 2. The van der Waals surface area contributed by atoms with Crippen molar-refractivity contribution in [3.8, 4) is 11.8 Å². The number of nitrogens with zero attached hydrogens (tertiary/aromatic N) is 1. The van der Waals surface area contributed by atoms with Crippen molar-refractivity contribution in [3.63, 3.8) is 0 Å². The van der Waals surface area contributed by atoms with Crippen molar-refractivity contribution in [1.82, 2.24) is 4.98 Å². The van der Waals surface area contributed by atoms with Gasteiger partial charge in [0.25, 0.3) is 0 Å². The minimum atomic E-state index is -4.44. The fraction of sp³-hybridized carbons (Fsp3) is 0.300. The maximum Gasteiger partial charge on any atom is 0.417 e. The number of aromatic nitrogens is 1. The summed E-state index contributed by atoms with van der Waals surface area (Å²) in [5, 5.41) is -0.0440. The predicted molar refractivity (Wildman–Crippen MR) is 54.8 cm³/mol. The number of pyridine rings is 1. The lowest BCUT2D eigenvalue weighted by atomic mass is 10.2. The molecule has 0 aliphatic carbocycles. The number of alkyl halides is 3. The average Bonchev–Trinajstić information content (AvgIpc) is 2.19. The van der Waals surface area contributed by atoms with E-state index in [4.69, 9.17) is 17.3 Å². The number of nitrogens with two attached hydrogens (primary N) is 1. The van der Waals surface area contributed by atoms with Crippen molar-refractivity contribution in [1.29, 1.82) is 0 Å². The standard InChI is InChI=1S/C10H8ClF3N2/c11-9-7(3-1-2-4-15)5-8(6-16-9)10(12,13)14/h5-6H,2,4,15H2. The molecule has 6 heteroatoms. The summed E-state index contributed by atoms with van der Waals surface area (Å²) in [7, 11) is 0. The van der Waals surface area contributed by atoms with Gasteiger partial charge in [0.05, 0.1) is 11.1 Å². The summed E-state index contributed by atoms with van der Waals surface area (Å²) in [4.78, 5) is 3.44. The molecular formula is C10H8ClF3N2. The Kier molecular flexibility index (Phi) is 4.16. The van der Waals surface area contributed by atoms with Gasteiger partial charge in [-0.25, -0.2) is 4.98 Å². The lowest BCUT2D eigenvalue weighted by Gasteiger charge is -2.06. The highest BCUT2D eigenvalue weighted by molar-refractivity contribution is 6.30. The van der Waals surface area contributed by atoms with Gasteiger partial charge in [-0.1, -0.05) is 23.4 Å². The van der Waals surface area contributed by atoms with Crippen LogP contribution in [0.25, 0.3) is 0 Å². The topological polar surface area (TPSA) is 38.9 Å². The Labute approximate surface area is 95.6 Å². The third-order valence-electron chi connectivity index (χ3n) is 1.66. The molecule has 0 unspecified atom stereocenters. The van der Waals surface area contributed by atoms with Crippen molar-refractivity contribution < 1.29 is 13.2 Å². The molecule has 1 aromatic heterocycles. The van der Waals surface area contributed by atoms with Crippen LogP contribution in [0.5, 0.6) is 0 Å². The molecule has 0 bridgehead atoms. The van der Waals surface area contributed by atoms with Crippen molar-refractivity contribution in [2.24, 2.45) is 5.73 Å². The second kappa shape index (κ2) is 5.19. The lowest BCUT2D eigenvalue weighted by molar-refractivity contribution is -0.137. The molecule has 0 spiro atoms. The number of hydrogen-bond donors (Lipinski definition) is 1. The minimum absolute atomic E-state index is 0.0440. The molecule has 0 aromatic carbocycles. The van der Waals surface area contributed by atoms with Gasteiger partial charge in [-0.3, -0.25) is 0 Å². The highest BCUT2D eigenvalue weighted by atomic mass is 35.5. The molecule has 0 radical (unpaired) electrons. The quantitative estimate of drug-likeness (QED) is 0.612. The highest BCUT2D eigenvalue weighted by Crippen LogP contribution is 2.30. The zero-order valence-electron chi connectivity index (χ0n) is 8.11. The van der Waals surface area contributed by atoms with Gasteiger partial charge in [-0.15, -0.1) is 0 Å². The summed E-state index contributed by atoms with van der Waals surface area (Å²) in [5.74, 6) is 5.11. The third-order valence-corrected chi connectivity index (χ3v) is 1.96. The van der Waals surface area contributed by atoms with E-state index in [1.54, 1.807) is 0 Å². The zero-order valence-corrected chi connectivity index (χ0v) is 8.86. The average molecular weight is 249 g/mol. The van der Waals surface area contributed by atoms with E-state index in [2.05, 4.69) is 16.8 Å². The van der Waals surface area contributed by atoms with Gasteiger partial charge < -0.3 is 5.73 Å². The first kappa shape index (κ1) is 12.8. The third kappa shape index (κ3) is 3.40. The van der Waals surface area contributed by atoms with E-state index in [1.807, 2.05) is 0 Å². The minimum Gasteiger partial charge on any atom is -0.330 e. The van der Waals surface area contributed by atoms with Crippen LogP contribution in [-0.4, -0.2) is 11.5 Å². The molecule has 1 rings (SSSR count). The van der Waals surface area contributed by atoms with E-state index < -0.39 is 11.7 Å². The van der Waals surface area contributed by atoms with Gasteiger partial charge in [0.1, 0.15) is 5.15 Å². The van der Waals surface area contributed by atoms with Gasteiger partial charge in [0.15, 0.2) is 0 Å². The predicted octanol–water partition coefficient (Wildman–Crippen LogP) is 2.45. The van der Waals surface area contributed by atoms with E-state index in [0.717, 1.165) is 6.07 Å². The van der Waals surface area contributed by atoms with Crippen LogP contribution in [0, 0.1) is 11.8 Å². The van der Waals surface area contributed by atoms with Crippen molar-refractivity contribution in [2.75, 3.05) is 6.54 Å². The van der Waals surface area contributed by atoms with Crippen LogP contribution >= 0.6 is 11.6 Å². The maximum absolute atomic E-state index is 12.3. The maximum atomic E-state index is 12.3. The molecule has 0 saturated carbocycles. The van der Waals surface area contributed by atoms with E-state index in [9.17, 15) is 13.2 Å². The Morgan fingerprint density at radius 2 is 2.12 bits per heavy atom. The first-order valence-corrected chi connectivity index (χ1v) is 4.74. The second-order valence-corrected chi connectivity index (χ2v) is 3.26. The molecule has 0 saturated heterocycles.